The summed E-state index contributed by atoms with van der Waals surface area (Å²) in [7, 11) is 0. The highest BCUT2D eigenvalue weighted by Gasteiger charge is 2.03. The molecule has 0 saturated heterocycles. The van der Waals surface area contributed by atoms with Gasteiger partial charge in [0.05, 0.1) is 12.7 Å². The Morgan fingerprint density at radius 1 is 1.53 bits per heavy atom. The molecule has 1 amide bonds. The molecule has 0 aliphatic heterocycles. The average molecular weight is 232 g/mol. The van der Waals surface area contributed by atoms with E-state index >= 15 is 0 Å². The van der Waals surface area contributed by atoms with Gasteiger partial charge >= 0.3 is 0 Å². The number of amides is 1. The second-order valence-corrected chi connectivity index (χ2v) is 3.70. The number of nitrogens with one attached hydrogen (secondary N) is 1. The molecular weight excluding hydrogens is 216 g/mol. The number of nitrogens with zero attached hydrogens (tertiary/aromatic N) is 1. The summed E-state index contributed by atoms with van der Waals surface area (Å²) >= 11 is 0. The molecule has 90 valence electrons. The third-order valence-electron chi connectivity index (χ3n) is 1.95. The minimum absolute atomic E-state index is 0.00692. The van der Waals surface area contributed by atoms with E-state index in [9.17, 15) is 4.79 Å². The van der Waals surface area contributed by atoms with Crippen molar-refractivity contribution in [2.24, 2.45) is 5.92 Å². The van der Waals surface area contributed by atoms with Gasteiger partial charge in [0.25, 0.3) is 0 Å². The molecule has 17 heavy (non-hydrogen) atoms. The van der Waals surface area contributed by atoms with Crippen molar-refractivity contribution >= 4 is 5.91 Å². The quantitative estimate of drug-likeness (QED) is 0.794. The Morgan fingerprint density at radius 3 is 3.00 bits per heavy atom. The van der Waals surface area contributed by atoms with Crippen molar-refractivity contribution in [2.75, 3.05) is 13.2 Å². The van der Waals surface area contributed by atoms with Crippen LogP contribution in [0, 0.1) is 17.8 Å². The van der Waals surface area contributed by atoms with Crippen LogP contribution in [0.4, 0.5) is 0 Å². The fourth-order valence-corrected chi connectivity index (χ4v) is 1.00. The Morgan fingerprint density at radius 2 is 2.35 bits per heavy atom. The van der Waals surface area contributed by atoms with Crippen LogP contribution < -0.4 is 10.1 Å². The van der Waals surface area contributed by atoms with Crippen LogP contribution in [0.2, 0.25) is 0 Å². The highest BCUT2D eigenvalue weighted by Crippen LogP contribution is 2.04. The van der Waals surface area contributed by atoms with E-state index in [2.05, 4.69) is 22.1 Å². The van der Waals surface area contributed by atoms with Crippen molar-refractivity contribution in [3.05, 3.63) is 24.5 Å². The topological polar surface area (TPSA) is 51.2 Å². The van der Waals surface area contributed by atoms with E-state index in [1.54, 1.807) is 18.5 Å². The number of rotatable bonds is 4. The van der Waals surface area contributed by atoms with Crippen molar-refractivity contribution in [3.63, 3.8) is 0 Å². The van der Waals surface area contributed by atoms with Gasteiger partial charge in [-0.2, -0.15) is 0 Å². The van der Waals surface area contributed by atoms with Gasteiger partial charge in [0.15, 0.2) is 0 Å². The average Bonchev–Trinajstić information content (AvgIpc) is 2.34. The molecule has 0 saturated carbocycles. The molecule has 1 rings (SSSR count). The van der Waals surface area contributed by atoms with Crippen molar-refractivity contribution in [3.8, 4) is 17.6 Å². The Hall–Kier alpha value is -2.02. The van der Waals surface area contributed by atoms with E-state index in [1.165, 1.54) is 0 Å². The molecule has 0 atom stereocenters. The monoisotopic (exact) mass is 232 g/mol. The molecule has 0 unspecified atom stereocenters. The number of hydrogen-bond acceptors (Lipinski definition) is 3. The van der Waals surface area contributed by atoms with Gasteiger partial charge < -0.3 is 10.1 Å². The van der Waals surface area contributed by atoms with Gasteiger partial charge in [-0.1, -0.05) is 25.7 Å². The summed E-state index contributed by atoms with van der Waals surface area (Å²) in [5, 5.41) is 2.70. The SMILES string of the molecule is CC(C)C(=O)NCC#CCOc1cccnc1. The lowest BCUT2D eigenvalue weighted by Crippen LogP contribution is -2.27. The Balaban J connectivity index is 2.17. The van der Waals surface area contributed by atoms with Gasteiger partial charge in [0.2, 0.25) is 5.91 Å². The molecule has 0 radical (unpaired) electrons. The van der Waals surface area contributed by atoms with Crippen molar-refractivity contribution in [1.82, 2.24) is 10.3 Å². The summed E-state index contributed by atoms with van der Waals surface area (Å²) in [6.07, 6.45) is 3.31. The van der Waals surface area contributed by atoms with Crippen LogP contribution in [0.3, 0.4) is 0 Å². The van der Waals surface area contributed by atoms with E-state index in [1.807, 2.05) is 19.9 Å². The first-order chi connectivity index (χ1) is 8.20. The van der Waals surface area contributed by atoms with Crippen molar-refractivity contribution in [2.45, 2.75) is 13.8 Å². The first-order valence-corrected chi connectivity index (χ1v) is 5.46. The molecule has 0 aliphatic carbocycles. The Labute approximate surface area is 101 Å². The third kappa shape index (κ3) is 5.57. The van der Waals surface area contributed by atoms with Gasteiger partial charge in [-0.3, -0.25) is 9.78 Å². The summed E-state index contributed by atoms with van der Waals surface area (Å²) < 4.78 is 5.31. The number of pyridine rings is 1. The molecule has 1 heterocycles. The van der Waals surface area contributed by atoms with Crippen LogP contribution in [-0.4, -0.2) is 24.0 Å². The maximum Gasteiger partial charge on any atom is 0.223 e. The molecule has 4 nitrogen and oxygen atoms in total. The minimum atomic E-state index is -0.0107. The fourth-order valence-electron chi connectivity index (χ4n) is 1.00. The molecule has 0 aromatic carbocycles. The molecule has 0 spiro atoms. The largest absolute Gasteiger partial charge is 0.479 e. The number of carbonyl (C=O) groups excluding carboxylic acids is 1. The predicted molar refractivity (Wildman–Crippen MR) is 65.4 cm³/mol. The first kappa shape index (κ1) is 13.0. The lowest BCUT2D eigenvalue weighted by molar-refractivity contribution is -0.123. The molecule has 0 fully saturated rings. The summed E-state index contributed by atoms with van der Waals surface area (Å²) in [4.78, 5) is 15.1. The fraction of sp³-hybridized carbons (Fsp3) is 0.385. The van der Waals surface area contributed by atoms with E-state index in [0.29, 0.717) is 18.9 Å². The number of hydrogen-bond donors (Lipinski definition) is 1. The number of ether oxygens (including phenoxy) is 1. The normalized spacial score (nSPS) is 9.35. The van der Waals surface area contributed by atoms with Crippen LogP contribution in [0.5, 0.6) is 5.75 Å². The third-order valence-corrected chi connectivity index (χ3v) is 1.95. The van der Waals surface area contributed by atoms with E-state index in [-0.39, 0.29) is 11.8 Å². The van der Waals surface area contributed by atoms with Gasteiger partial charge in [-0.05, 0) is 12.1 Å². The van der Waals surface area contributed by atoms with Gasteiger partial charge in [0, 0.05) is 12.1 Å². The first-order valence-electron chi connectivity index (χ1n) is 5.46. The van der Waals surface area contributed by atoms with Gasteiger partial charge in [-0.15, -0.1) is 0 Å². The highest BCUT2D eigenvalue weighted by molar-refractivity contribution is 5.78. The Kier molecular flexibility index (Phi) is 5.59. The minimum Gasteiger partial charge on any atom is -0.479 e. The molecule has 4 heteroatoms. The second kappa shape index (κ2) is 7.29. The number of carbonyl (C=O) groups is 1. The summed E-state index contributed by atoms with van der Waals surface area (Å²) in [5.74, 6) is 6.31. The lowest BCUT2D eigenvalue weighted by Gasteiger charge is -2.03. The van der Waals surface area contributed by atoms with Gasteiger partial charge in [0.1, 0.15) is 12.4 Å². The van der Waals surface area contributed by atoms with E-state index in [0.717, 1.165) is 0 Å². The standard InChI is InChI=1S/C13H16N2O2/c1-11(2)13(16)15-8-3-4-9-17-12-6-5-7-14-10-12/h5-7,10-11H,8-9H2,1-2H3,(H,15,16). The summed E-state index contributed by atoms with van der Waals surface area (Å²) in [6.45, 7) is 4.33. The molecule has 0 aliphatic rings. The van der Waals surface area contributed by atoms with Crippen molar-refractivity contribution < 1.29 is 9.53 Å². The zero-order valence-corrected chi connectivity index (χ0v) is 10.1. The number of aromatic nitrogens is 1. The smallest absolute Gasteiger partial charge is 0.223 e. The van der Waals surface area contributed by atoms with E-state index < -0.39 is 0 Å². The summed E-state index contributed by atoms with van der Waals surface area (Å²) in [5.41, 5.74) is 0. The molecular formula is C13H16N2O2. The maximum absolute atomic E-state index is 11.2. The van der Waals surface area contributed by atoms with Crippen molar-refractivity contribution in [1.29, 1.82) is 0 Å². The van der Waals surface area contributed by atoms with Crippen LogP contribution in [0.15, 0.2) is 24.5 Å². The predicted octanol–water partition coefficient (Wildman–Crippen LogP) is 1.24. The van der Waals surface area contributed by atoms with Crippen LogP contribution in [0.1, 0.15) is 13.8 Å². The zero-order chi connectivity index (χ0) is 12.5. The molecule has 1 aromatic rings. The summed E-state index contributed by atoms with van der Waals surface area (Å²) in [6, 6.07) is 3.61. The maximum atomic E-state index is 11.2. The van der Waals surface area contributed by atoms with Crippen LogP contribution in [-0.2, 0) is 4.79 Å². The molecule has 1 N–H and O–H groups in total. The lowest BCUT2D eigenvalue weighted by atomic mass is 10.2. The van der Waals surface area contributed by atoms with Crippen LogP contribution in [0.25, 0.3) is 0 Å². The molecule has 0 bridgehead atoms. The Bertz CT molecular complexity index is 404. The molecule has 1 aromatic heterocycles. The second-order valence-electron chi connectivity index (χ2n) is 3.70. The van der Waals surface area contributed by atoms with Crippen LogP contribution >= 0.6 is 0 Å². The highest BCUT2D eigenvalue weighted by atomic mass is 16.5. The van der Waals surface area contributed by atoms with Gasteiger partial charge in [-0.25, -0.2) is 0 Å². The van der Waals surface area contributed by atoms with E-state index in [4.69, 9.17) is 4.74 Å². The zero-order valence-electron chi connectivity index (χ0n) is 10.1.